The molecule has 0 aromatic carbocycles. The van der Waals surface area contributed by atoms with E-state index < -0.39 is 6.29 Å². The van der Waals surface area contributed by atoms with Crippen molar-refractivity contribution < 1.29 is 19.7 Å². The highest BCUT2D eigenvalue weighted by atomic mass is 16.6. The van der Waals surface area contributed by atoms with Gasteiger partial charge in [-0.1, -0.05) is 6.92 Å². The fourth-order valence-electron chi connectivity index (χ4n) is 1.52. The summed E-state index contributed by atoms with van der Waals surface area (Å²) in [6.07, 6.45) is -0.491. The van der Waals surface area contributed by atoms with Crippen LogP contribution in [0.1, 0.15) is 34.1 Å². The molecule has 0 bridgehead atoms. The van der Waals surface area contributed by atoms with Gasteiger partial charge in [0.25, 0.3) is 0 Å². The average Bonchev–Trinajstić information content (AvgIpc) is 2.23. The molecule has 0 aromatic rings. The van der Waals surface area contributed by atoms with E-state index in [9.17, 15) is 10.2 Å². The van der Waals surface area contributed by atoms with Gasteiger partial charge in [-0.3, -0.25) is 0 Å². The van der Waals surface area contributed by atoms with Gasteiger partial charge in [0.05, 0.1) is 12.7 Å². The summed E-state index contributed by atoms with van der Waals surface area (Å²) in [5.41, 5.74) is 0. The van der Waals surface area contributed by atoms with E-state index in [0.717, 1.165) is 0 Å². The molecular weight excluding hydrogens is 208 g/mol. The molecule has 0 aliphatic carbocycles. The molecule has 0 saturated heterocycles. The van der Waals surface area contributed by atoms with E-state index in [1.54, 1.807) is 6.92 Å². The van der Waals surface area contributed by atoms with Gasteiger partial charge in [-0.05, 0) is 33.1 Å². The molecule has 0 rings (SSSR count). The summed E-state index contributed by atoms with van der Waals surface area (Å²) in [5.74, 6) is 0.0464. The summed E-state index contributed by atoms with van der Waals surface area (Å²) in [4.78, 5) is 0. The van der Waals surface area contributed by atoms with E-state index >= 15 is 0 Å². The topological polar surface area (TPSA) is 58.9 Å². The van der Waals surface area contributed by atoms with Crippen molar-refractivity contribution in [3.8, 4) is 0 Å². The van der Waals surface area contributed by atoms with Crippen molar-refractivity contribution >= 4 is 0 Å². The van der Waals surface area contributed by atoms with Crippen LogP contribution in [0.4, 0.5) is 0 Å². The van der Waals surface area contributed by atoms with Crippen LogP contribution in [-0.2, 0) is 9.47 Å². The maximum absolute atomic E-state index is 9.78. The number of aliphatic hydroxyl groups is 2. The van der Waals surface area contributed by atoms with Gasteiger partial charge < -0.3 is 19.7 Å². The molecule has 0 amide bonds. The van der Waals surface area contributed by atoms with Crippen molar-refractivity contribution in [1.82, 2.24) is 0 Å². The largest absolute Gasteiger partial charge is 0.393 e. The van der Waals surface area contributed by atoms with Gasteiger partial charge in [-0.2, -0.15) is 0 Å². The molecule has 98 valence electrons. The molecule has 0 aliphatic rings. The molecule has 4 heteroatoms. The molecule has 0 radical (unpaired) electrons. The van der Waals surface area contributed by atoms with Gasteiger partial charge in [0, 0.05) is 19.1 Å². The lowest BCUT2D eigenvalue weighted by molar-refractivity contribution is -0.150. The van der Waals surface area contributed by atoms with Crippen LogP contribution in [0.2, 0.25) is 0 Å². The van der Waals surface area contributed by atoms with Crippen LogP contribution in [0, 0.1) is 11.8 Å². The Kier molecular flexibility index (Phi) is 8.84. The summed E-state index contributed by atoms with van der Waals surface area (Å²) in [6.45, 7) is 9.05. The summed E-state index contributed by atoms with van der Waals surface area (Å²) in [5, 5.41) is 19.2. The van der Waals surface area contributed by atoms with Crippen molar-refractivity contribution in [2.75, 3.05) is 19.8 Å². The number of hydrogen-bond donors (Lipinski definition) is 2. The van der Waals surface area contributed by atoms with Crippen LogP contribution >= 0.6 is 0 Å². The molecule has 4 unspecified atom stereocenters. The Bertz CT molecular complexity index is 161. The van der Waals surface area contributed by atoms with Crippen molar-refractivity contribution in [3.63, 3.8) is 0 Å². The minimum Gasteiger partial charge on any atom is -0.393 e. The maximum atomic E-state index is 9.78. The Labute approximate surface area is 98.6 Å². The zero-order valence-corrected chi connectivity index (χ0v) is 10.8. The highest BCUT2D eigenvalue weighted by molar-refractivity contribution is 4.69. The number of rotatable bonds is 9. The van der Waals surface area contributed by atoms with Crippen LogP contribution < -0.4 is 0 Å². The minimum absolute atomic E-state index is 0.0792. The Hall–Kier alpha value is -0.160. The van der Waals surface area contributed by atoms with E-state index in [0.29, 0.717) is 26.2 Å². The molecule has 0 aromatic heterocycles. The Morgan fingerprint density at radius 3 is 2.12 bits per heavy atom. The zero-order chi connectivity index (χ0) is 12.6. The first kappa shape index (κ1) is 15.8. The quantitative estimate of drug-likeness (QED) is 0.592. The van der Waals surface area contributed by atoms with Gasteiger partial charge in [-0.25, -0.2) is 0 Å². The molecular formula is C12H26O4. The molecule has 0 aliphatic heterocycles. The molecule has 2 N–H and O–H groups in total. The molecule has 16 heavy (non-hydrogen) atoms. The monoisotopic (exact) mass is 234 g/mol. The molecule has 0 saturated carbocycles. The average molecular weight is 234 g/mol. The van der Waals surface area contributed by atoms with E-state index in [-0.39, 0.29) is 17.9 Å². The molecule has 4 nitrogen and oxygen atoms in total. The lowest BCUT2D eigenvalue weighted by atomic mass is 9.92. The maximum Gasteiger partial charge on any atom is 0.159 e. The highest BCUT2D eigenvalue weighted by Gasteiger charge is 2.23. The fraction of sp³-hybridized carbons (Fsp3) is 1.00. The summed E-state index contributed by atoms with van der Waals surface area (Å²) < 4.78 is 10.5. The van der Waals surface area contributed by atoms with Crippen molar-refractivity contribution in [2.24, 2.45) is 11.8 Å². The predicted octanol–water partition coefficient (Wildman–Crippen LogP) is 1.40. The number of aliphatic hydroxyl groups excluding tert-OH is 2. The van der Waals surface area contributed by atoms with Gasteiger partial charge in [0.15, 0.2) is 6.29 Å². The smallest absolute Gasteiger partial charge is 0.159 e. The highest BCUT2D eigenvalue weighted by Crippen LogP contribution is 2.20. The van der Waals surface area contributed by atoms with Crippen LogP contribution in [0.5, 0.6) is 0 Å². The third-order valence-electron chi connectivity index (χ3n) is 2.77. The second-order valence-corrected chi connectivity index (χ2v) is 4.22. The summed E-state index contributed by atoms with van der Waals surface area (Å²) in [6, 6.07) is 0. The zero-order valence-electron chi connectivity index (χ0n) is 10.8. The van der Waals surface area contributed by atoms with Gasteiger partial charge in [0.1, 0.15) is 0 Å². The van der Waals surface area contributed by atoms with E-state index in [2.05, 4.69) is 0 Å². The summed E-state index contributed by atoms with van der Waals surface area (Å²) >= 11 is 0. The third kappa shape index (κ3) is 6.43. The first-order chi connectivity index (χ1) is 7.52. The Morgan fingerprint density at radius 1 is 1.06 bits per heavy atom. The second-order valence-electron chi connectivity index (χ2n) is 4.22. The minimum atomic E-state index is -0.808. The number of ether oxygens (including phenoxy) is 2. The van der Waals surface area contributed by atoms with Crippen molar-refractivity contribution in [2.45, 2.75) is 46.5 Å². The lowest BCUT2D eigenvalue weighted by Crippen LogP contribution is -2.31. The van der Waals surface area contributed by atoms with E-state index in [1.165, 1.54) is 0 Å². The van der Waals surface area contributed by atoms with Crippen molar-refractivity contribution in [3.05, 3.63) is 0 Å². The first-order valence-electron chi connectivity index (χ1n) is 6.08. The normalized spacial score (nSPS) is 19.1. The van der Waals surface area contributed by atoms with Crippen LogP contribution in [-0.4, -0.2) is 42.4 Å². The van der Waals surface area contributed by atoms with E-state index in [1.807, 2.05) is 20.8 Å². The second kappa shape index (κ2) is 8.93. The van der Waals surface area contributed by atoms with Crippen LogP contribution in [0.3, 0.4) is 0 Å². The molecule has 4 atom stereocenters. The molecule has 0 spiro atoms. The third-order valence-corrected chi connectivity index (χ3v) is 2.77. The van der Waals surface area contributed by atoms with Crippen LogP contribution in [0.25, 0.3) is 0 Å². The standard InChI is InChI=1S/C12H26O4/c1-5-15-8-11(12(14)16-6-2)7-9(3)10(4)13/h9-14H,5-8H2,1-4H3. The number of hydrogen-bond acceptors (Lipinski definition) is 4. The van der Waals surface area contributed by atoms with Gasteiger partial charge >= 0.3 is 0 Å². The predicted molar refractivity (Wildman–Crippen MR) is 63.1 cm³/mol. The fourth-order valence-corrected chi connectivity index (χ4v) is 1.52. The first-order valence-corrected chi connectivity index (χ1v) is 6.08. The molecule has 0 fully saturated rings. The van der Waals surface area contributed by atoms with Crippen molar-refractivity contribution in [1.29, 1.82) is 0 Å². The summed E-state index contributed by atoms with van der Waals surface area (Å²) in [7, 11) is 0. The Morgan fingerprint density at radius 2 is 1.69 bits per heavy atom. The van der Waals surface area contributed by atoms with Gasteiger partial charge in [0.2, 0.25) is 0 Å². The van der Waals surface area contributed by atoms with Gasteiger partial charge in [-0.15, -0.1) is 0 Å². The van der Waals surface area contributed by atoms with Crippen LogP contribution in [0.15, 0.2) is 0 Å². The SMILES string of the molecule is CCOCC(CC(C)C(C)O)C(O)OCC. The van der Waals surface area contributed by atoms with E-state index in [4.69, 9.17) is 9.47 Å². The Balaban J connectivity index is 4.18. The molecule has 0 heterocycles. The lowest BCUT2D eigenvalue weighted by Gasteiger charge is -2.26.